The fourth-order valence-corrected chi connectivity index (χ4v) is 4.04. The van der Waals surface area contributed by atoms with Gasteiger partial charge >= 0.3 is 0 Å². The van der Waals surface area contributed by atoms with Gasteiger partial charge in [-0.15, -0.1) is 0 Å². The van der Waals surface area contributed by atoms with Gasteiger partial charge in [-0.3, -0.25) is 14.5 Å². The number of benzene rings is 1. The molecule has 0 bridgehead atoms. The zero-order valence-corrected chi connectivity index (χ0v) is 17.0. The highest BCUT2D eigenvalue weighted by molar-refractivity contribution is 5.91. The molecule has 2 aromatic heterocycles. The number of ketones is 1. The van der Waals surface area contributed by atoms with Crippen LogP contribution >= 0.6 is 0 Å². The molecule has 0 unspecified atom stereocenters. The van der Waals surface area contributed by atoms with Gasteiger partial charge < -0.3 is 14.2 Å². The summed E-state index contributed by atoms with van der Waals surface area (Å²) >= 11 is 0. The van der Waals surface area contributed by atoms with Crippen LogP contribution in [-0.2, 0) is 23.3 Å². The molecule has 0 atom stereocenters. The highest BCUT2D eigenvalue weighted by Gasteiger charge is 2.40. The van der Waals surface area contributed by atoms with E-state index in [2.05, 4.69) is 15.2 Å². The third kappa shape index (κ3) is 4.21. The number of furan rings is 1. The largest absolute Gasteiger partial charge is 0.467 e. The van der Waals surface area contributed by atoms with Crippen LogP contribution in [0.5, 0.6) is 0 Å². The normalized spacial score (nSPS) is 16.3. The lowest BCUT2D eigenvalue weighted by molar-refractivity contribution is -0.124. The summed E-state index contributed by atoms with van der Waals surface area (Å²) in [6.45, 7) is 4.01. The van der Waals surface area contributed by atoms with Gasteiger partial charge in [0, 0.05) is 0 Å². The predicted molar refractivity (Wildman–Crippen MR) is 110 cm³/mol. The first-order chi connectivity index (χ1) is 14.6. The number of hydrogen-bond acceptors (Lipinski definition) is 6. The van der Waals surface area contributed by atoms with Crippen LogP contribution in [0.25, 0.3) is 0 Å². The number of hydrogen-bond donors (Lipinski definition) is 1. The summed E-state index contributed by atoms with van der Waals surface area (Å²) in [6.07, 6.45) is 4.45. The second-order valence-electron chi connectivity index (χ2n) is 7.67. The van der Waals surface area contributed by atoms with E-state index in [1.54, 1.807) is 25.3 Å². The Morgan fingerprint density at radius 1 is 1.10 bits per heavy atom. The van der Waals surface area contributed by atoms with Crippen LogP contribution in [0.15, 0.2) is 63.8 Å². The van der Waals surface area contributed by atoms with E-state index in [-0.39, 0.29) is 17.4 Å². The van der Waals surface area contributed by atoms with Gasteiger partial charge in [0.25, 0.3) is 5.91 Å². The predicted octanol–water partition coefficient (Wildman–Crippen LogP) is 3.32. The van der Waals surface area contributed by atoms with Crippen LogP contribution in [0.2, 0.25) is 0 Å². The Morgan fingerprint density at radius 3 is 2.53 bits per heavy atom. The summed E-state index contributed by atoms with van der Waals surface area (Å²) in [6, 6.07) is 13.6. The molecule has 30 heavy (non-hydrogen) atoms. The van der Waals surface area contributed by atoms with Gasteiger partial charge in [0.05, 0.1) is 24.8 Å². The van der Waals surface area contributed by atoms with Crippen molar-refractivity contribution in [2.75, 3.05) is 13.1 Å². The van der Waals surface area contributed by atoms with E-state index < -0.39 is 5.41 Å². The van der Waals surface area contributed by atoms with Crippen molar-refractivity contribution in [1.82, 2.24) is 15.2 Å². The number of aromatic nitrogens is 1. The van der Waals surface area contributed by atoms with Crippen molar-refractivity contribution in [3.05, 3.63) is 77.9 Å². The molecule has 0 aliphatic carbocycles. The molecule has 7 heteroatoms. The van der Waals surface area contributed by atoms with Gasteiger partial charge in [0.1, 0.15) is 17.8 Å². The lowest BCUT2D eigenvalue weighted by atomic mass is 9.70. The van der Waals surface area contributed by atoms with Crippen molar-refractivity contribution < 1.29 is 18.4 Å². The van der Waals surface area contributed by atoms with E-state index >= 15 is 0 Å². The SMILES string of the molecule is CC(=O)C1(c2ccccc2)CCN(Cc2nc(C(=O)NCc3ccco3)co2)CC1. The lowest BCUT2D eigenvalue weighted by Gasteiger charge is -2.40. The summed E-state index contributed by atoms with van der Waals surface area (Å²) in [5.74, 6) is 1.07. The summed E-state index contributed by atoms with van der Waals surface area (Å²) in [4.78, 5) is 31.3. The van der Waals surface area contributed by atoms with Gasteiger partial charge in [-0.2, -0.15) is 0 Å². The third-order valence-electron chi connectivity index (χ3n) is 5.86. The highest BCUT2D eigenvalue weighted by atomic mass is 16.3. The Kier molecular flexibility index (Phi) is 5.81. The molecule has 1 saturated heterocycles. The summed E-state index contributed by atoms with van der Waals surface area (Å²) in [5.41, 5.74) is 0.908. The van der Waals surface area contributed by atoms with Gasteiger partial charge in [-0.1, -0.05) is 30.3 Å². The second-order valence-corrected chi connectivity index (χ2v) is 7.67. The van der Waals surface area contributed by atoms with E-state index in [1.165, 1.54) is 6.26 Å². The molecule has 0 saturated carbocycles. The molecule has 7 nitrogen and oxygen atoms in total. The molecule has 1 fully saturated rings. The molecule has 1 aromatic carbocycles. The number of rotatable bonds is 7. The first kappa shape index (κ1) is 20.1. The minimum absolute atomic E-state index is 0.208. The first-order valence-electron chi connectivity index (χ1n) is 10.1. The average molecular weight is 407 g/mol. The van der Waals surface area contributed by atoms with Crippen molar-refractivity contribution in [3.63, 3.8) is 0 Å². The maximum atomic E-state index is 12.5. The number of oxazole rings is 1. The quantitative estimate of drug-likeness (QED) is 0.646. The Labute approximate surface area is 175 Å². The van der Waals surface area contributed by atoms with Crippen molar-refractivity contribution >= 4 is 11.7 Å². The molecule has 1 N–H and O–H groups in total. The maximum absolute atomic E-state index is 12.5. The molecule has 0 radical (unpaired) electrons. The van der Waals surface area contributed by atoms with Gasteiger partial charge in [0.15, 0.2) is 5.69 Å². The van der Waals surface area contributed by atoms with Crippen LogP contribution in [0.3, 0.4) is 0 Å². The van der Waals surface area contributed by atoms with Crippen molar-refractivity contribution in [1.29, 1.82) is 0 Å². The lowest BCUT2D eigenvalue weighted by Crippen LogP contribution is -2.46. The van der Waals surface area contributed by atoms with Gasteiger partial charge in [0.2, 0.25) is 5.89 Å². The van der Waals surface area contributed by atoms with Crippen LogP contribution in [0, 0.1) is 0 Å². The van der Waals surface area contributed by atoms with Gasteiger partial charge in [-0.05, 0) is 50.6 Å². The van der Waals surface area contributed by atoms with Crippen LogP contribution in [0.1, 0.15) is 47.5 Å². The molecule has 1 amide bonds. The molecule has 0 spiro atoms. The Hall–Kier alpha value is -3.19. The summed E-state index contributed by atoms with van der Waals surface area (Å²) < 4.78 is 10.7. The number of nitrogens with zero attached hydrogens (tertiary/aromatic N) is 2. The molecular formula is C23H25N3O4. The van der Waals surface area contributed by atoms with E-state index in [4.69, 9.17) is 8.83 Å². The Morgan fingerprint density at radius 2 is 1.87 bits per heavy atom. The molecule has 1 aliphatic heterocycles. The number of likely N-dealkylation sites (tertiary alicyclic amines) is 1. The van der Waals surface area contributed by atoms with Gasteiger partial charge in [-0.25, -0.2) is 4.98 Å². The first-order valence-corrected chi connectivity index (χ1v) is 10.1. The topological polar surface area (TPSA) is 88.6 Å². The molecular weight excluding hydrogens is 382 g/mol. The zero-order chi connectivity index (χ0) is 21.0. The zero-order valence-electron chi connectivity index (χ0n) is 17.0. The number of carbonyl (C=O) groups is 2. The van der Waals surface area contributed by atoms with E-state index in [9.17, 15) is 9.59 Å². The number of Topliss-reactive ketones (excluding diaryl/α,β-unsaturated/α-hetero) is 1. The van der Waals surface area contributed by atoms with Crippen molar-refractivity contribution in [2.45, 2.75) is 38.3 Å². The van der Waals surface area contributed by atoms with E-state index in [0.717, 1.165) is 31.5 Å². The fraction of sp³-hybridized carbons (Fsp3) is 0.348. The van der Waals surface area contributed by atoms with Crippen LogP contribution in [-0.4, -0.2) is 34.7 Å². The standard InChI is InChI=1S/C23H25N3O4/c1-17(27)23(18-6-3-2-4-7-18)9-11-26(12-10-23)15-21-25-20(16-30-21)22(28)24-14-19-8-5-13-29-19/h2-8,13,16H,9-12,14-15H2,1H3,(H,24,28). The summed E-state index contributed by atoms with van der Waals surface area (Å²) in [5, 5.41) is 2.75. The summed E-state index contributed by atoms with van der Waals surface area (Å²) in [7, 11) is 0. The highest BCUT2D eigenvalue weighted by Crippen LogP contribution is 2.36. The maximum Gasteiger partial charge on any atom is 0.273 e. The number of carbonyl (C=O) groups excluding carboxylic acids is 2. The minimum Gasteiger partial charge on any atom is -0.467 e. The molecule has 3 heterocycles. The molecule has 3 aromatic rings. The number of nitrogens with one attached hydrogen (secondary N) is 1. The Bertz CT molecular complexity index is 987. The minimum atomic E-state index is -0.425. The number of amides is 1. The van der Waals surface area contributed by atoms with Crippen LogP contribution in [0.4, 0.5) is 0 Å². The van der Waals surface area contributed by atoms with E-state index in [1.807, 2.05) is 30.3 Å². The second kappa shape index (κ2) is 8.67. The van der Waals surface area contributed by atoms with Crippen LogP contribution < -0.4 is 5.32 Å². The smallest absolute Gasteiger partial charge is 0.273 e. The van der Waals surface area contributed by atoms with Crippen molar-refractivity contribution in [2.24, 2.45) is 0 Å². The van der Waals surface area contributed by atoms with E-state index in [0.29, 0.717) is 24.7 Å². The van der Waals surface area contributed by atoms with Crippen molar-refractivity contribution in [3.8, 4) is 0 Å². The average Bonchev–Trinajstić information content (AvgIpc) is 3.45. The monoisotopic (exact) mass is 407 g/mol. The molecule has 1 aliphatic rings. The molecule has 4 rings (SSSR count). The fourth-order valence-electron chi connectivity index (χ4n) is 4.04. The Balaban J connectivity index is 1.34. The molecule has 156 valence electrons. The number of piperidine rings is 1. The third-order valence-corrected chi connectivity index (χ3v) is 5.86.